The molecule has 0 amide bonds. The molecule has 8 nitrogen and oxygen atoms in total. The van der Waals surface area contributed by atoms with Gasteiger partial charge in [0.2, 0.25) is 0 Å². The average Bonchev–Trinajstić information content (AvgIpc) is 2.82. The number of hydrogen-bond acceptors (Lipinski definition) is 6. The molecule has 0 saturated carbocycles. The molecule has 0 fully saturated rings. The summed E-state index contributed by atoms with van der Waals surface area (Å²) in [4.78, 5) is 8.98. The Morgan fingerprint density at radius 3 is 1.81 bits per heavy atom. The van der Waals surface area contributed by atoms with Crippen molar-refractivity contribution in [3.05, 3.63) is 84.2 Å². The minimum atomic E-state index is -4.48. The summed E-state index contributed by atoms with van der Waals surface area (Å²) in [5.74, 6) is 0. The van der Waals surface area contributed by atoms with Gasteiger partial charge in [-0.2, -0.15) is 16.8 Å². The van der Waals surface area contributed by atoms with Gasteiger partial charge in [-0.3, -0.25) is 19.1 Å². The van der Waals surface area contributed by atoms with E-state index in [4.69, 9.17) is 9.97 Å². The summed E-state index contributed by atoms with van der Waals surface area (Å²) in [6, 6.07) is 19.4. The molecule has 2 aromatic heterocycles. The Morgan fingerprint density at radius 2 is 1.19 bits per heavy atom. The zero-order chi connectivity index (χ0) is 25.8. The molecular formula is C26H20N2O6S2. The number of nitrogens with zero attached hydrogens (tertiary/aromatic N) is 2. The third kappa shape index (κ3) is 4.24. The fraction of sp³-hybridized carbons (Fsp3) is 0.0769. The molecule has 0 unspecified atom stereocenters. The van der Waals surface area contributed by atoms with Gasteiger partial charge in [-0.15, -0.1) is 0 Å². The lowest BCUT2D eigenvalue weighted by molar-refractivity contribution is 0.481. The lowest BCUT2D eigenvalue weighted by Gasteiger charge is -2.15. The maximum atomic E-state index is 12.1. The number of aryl methyl sites for hydroxylation is 2. The lowest BCUT2D eigenvalue weighted by Crippen LogP contribution is -2.02. The van der Waals surface area contributed by atoms with Crippen molar-refractivity contribution in [2.75, 3.05) is 0 Å². The highest BCUT2D eigenvalue weighted by atomic mass is 32.2. The zero-order valence-corrected chi connectivity index (χ0v) is 20.8. The highest BCUT2D eigenvalue weighted by molar-refractivity contribution is 7.86. The summed E-state index contributed by atoms with van der Waals surface area (Å²) >= 11 is 0. The second-order valence-corrected chi connectivity index (χ2v) is 11.3. The summed E-state index contributed by atoms with van der Waals surface area (Å²) in [6.07, 6.45) is 0. The van der Waals surface area contributed by atoms with Crippen molar-refractivity contribution in [2.24, 2.45) is 0 Å². The summed E-state index contributed by atoms with van der Waals surface area (Å²) in [5.41, 5.74) is 4.54. The van der Waals surface area contributed by atoms with E-state index in [0.717, 1.165) is 0 Å². The molecule has 0 atom stereocenters. The molecule has 0 radical (unpaired) electrons. The third-order valence-electron chi connectivity index (χ3n) is 5.91. The smallest absolute Gasteiger partial charge is 0.282 e. The Kier molecular flexibility index (Phi) is 5.64. The van der Waals surface area contributed by atoms with Crippen LogP contribution in [0.1, 0.15) is 11.4 Å². The van der Waals surface area contributed by atoms with Crippen molar-refractivity contribution < 1.29 is 25.9 Å². The molecular weight excluding hydrogens is 500 g/mol. The van der Waals surface area contributed by atoms with Crippen molar-refractivity contribution >= 4 is 42.0 Å². The monoisotopic (exact) mass is 520 g/mol. The highest BCUT2D eigenvalue weighted by Gasteiger charge is 2.20. The SMILES string of the molecule is Cc1cc(-c2cccc(S(=O)(=O)O)c2)c2ccc3c(-c4ccccc4S(=O)(=O)O)cc(C)nc3c2n1. The number of fused-ring (bicyclic) bond motifs is 3. The maximum absolute atomic E-state index is 12.1. The van der Waals surface area contributed by atoms with Crippen LogP contribution in [0, 0.1) is 13.8 Å². The molecule has 0 aliphatic heterocycles. The van der Waals surface area contributed by atoms with Crippen LogP contribution in [0.2, 0.25) is 0 Å². The molecule has 3 aromatic carbocycles. The van der Waals surface area contributed by atoms with E-state index in [-0.39, 0.29) is 9.79 Å². The Balaban J connectivity index is 1.86. The minimum absolute atomic E-state index is 0.211. The van der Waals surface area contributed by atoms with Gasteiger partial charge in [0.25, 0.3) is 20.2 Å². The first-order chi connectivity index (χ1) is 16.9. The largest absolute Gasteiger partial charge is 0.295 e. The van der Waals surface area contributed by atoms with E-state index in [2.05, 4.69) is 0 Å². The van der Waals surface area contributed by atoms with Gasteiger partial charge in [0.1, 0.15) is 4.90 Å². The highest BCUT2D eigenvalue weighted by Crippen LogP contribution is 2.38. The van der Waals surface area contributed by atoms with Crippen molar-refractivity contribution in [2.45, 2.75) is 23.6 Å². The summed E-state index contributed by atoms with van der Waals surface area (Å²) < 4.78 is 66.9. The van der Waals surface area contributed by atoms with Gasteiger partial charge in [-0.25, -0.2) is 0 Å². The van der Waals surface area contributed by atoms with Crippen LogP contribution in [0.15, 0.2) is 82.6 Å². The van der Waals surface area contributed by atoms with Crippen molar-refractivity contribution in [1.82, 2.24) is 9.97 Å². The zero-order valence-electron chi connectivity index (χ0n) is 19.2. The van der Waals surface area contributed by atoms with Crippen molar-refractivity contribution in [3.63, 3.8) is 0 Å². The van der Waals surface area contributed by atoms with Crippen LogP contribution in [0.4, 0.5) is 0 Å². The molecule has 2 N–H and O–H groups in total. The van der Waals surface area contributed by atoms with Gasteiger partial charge in [0.15, 0.2) is 0 Å². The van der Waals surface area contributed by atoms with E-state index in [1.807, 2.05) is 12.1 Å². The molecule has 2 heterocycles. The maximum Gasteiger partial charge on any atom is 0.295 e. The molecule has 182 valence electrons. The van der Waals surface area contributed by atoms with Crippen LogP contribution in [0.25, 0.3) is 44.1 Å². The summed E-state index contributed by atoms with van der Waals surface area (Å²) in [5, 5.41) is 1.34. The summed E-state index contributed by atoms with van der Waals surface area (Å²) in [6.45, 7) is 3.59. The second-order valence-electron chi connectivity index (χ2n) is 8.45. The first-order valence-corrected chi connectivity index (χ1v) is 13.7. The Hall–Kier alpha value is -3.70. The Bertz CT molecular complexity index is 1920. The van der Waals surface area contributed by atoms with Crippen molar-refractivity contribution in [3.8, 4) is 22.3 Å². The van der Waals surface area contributed by atoms with E-state index in [1.165, 1.54) is 24.3 Å². The molecule has 36 heavy (non-hydrogen) atoms. The number of benzene rings is 3. The Morgan fingerprint density at radius 1 is 0.611 bits per heavy atom. The number of pyridine rings is 2. The van der Waals surface area contributed by atoms with Crippen LogP contribution in [-0.4, -0.2) is 35.9 Å². The van der Waals surface area contributed by atoms with Gasteiger partial charge in [0.05, 0.1) is 15.9 Å². The fourth-order valence-electron chi connectivity index (χ4n) is 4.43. The predicted molar refractivity (Wildman–Crippen MR) is 137 cm³/mol. The van der Waals surface area contributed by atoms with Crippen molar-refractivity contribution in [1.29, 1.82) is 0 Å². The molecule has 0 aliphatic rings. The first-order valence-electron chi connectivity index (χ1n) is 10.8. The molecule has 0 saturated heterocycles. The third-order valence-corrected chi connectivity index (χ3v) is 7.67. The van der Waals surface area contributed by atoms with E-state index in [9.17, 15) is 25.9 Å². The van der Waals surface area contributed by atoms with Gasteiger partial charge < -0.3 is 0 Å². The van der Waals surface area contributed by atoms with Gasteiger partial charge in [-0.1, -0.05) is 42.5 Å². The fourth-order valence-corrected chi connectivity index (χ4v) is 5.66. The van der Waals surface area contributed by atoms with Crippen LogP contribution < -0.4 is 0 Å². The van der Waals surface area contributed by atoms with E-state index >= 15 is 0 Å². The van der Waals surface area contributed by atoms with E-state index in [0.29, 0.717) is 55.4 Å². The molecule has 0 aliphatic carbocycles. The minimum Gasteiger partial charge on any atom is -0.282 e. The van der Waals surface area contributed by atoms with E-state index in [1.54, 1.807) is 50.2 Å². The summed E-state index contributed by atoms with van der Waals surface area (Å²) in [7, 11) is -8.86. The predicted octanol–water partition coefficient (Wildman–Crippen LogP) is 5.23. The topological polar surface area (TPSA) is 135 Å². The Labute approximate surface area is 207 Å². The second kappa shape index (κ2) is 8.45. The van der Waals surface area contributed by atoms with Gasteiger partial charge in [-0.05, 0) is 60.9 Å². The lowest BCUT2D eigenvalue weighted by atomic mass is 9.95. The van der Waals surface area contributed by atoms with Crippen LogP contribution in [0.5, 0.6) is 0 Å². The number of aromatic nitrogens is 2. The van der Waals surface area contributed by atoms with Gasteiger partial charge in [0, 0.05) is 27.7 Å². The standard InChI is InChI=1S/C26H20N2O6S2/c1-15-12-22(17-6-5-7-18(14-17)35(29,30)31)20-10-11-21-23(13-16(2)28-26(21)25(20)27-15)19-8-3-4-9-24(19)36(32,33)34/h3-14H,1-2H3,(H,29,30,31)(H,32,33,34). The number of rotatable bonds is 4. The quantitative estimate of drug-likeness (QED) is 0.243. The molecule has 10 heteroatoms. The molecule has 0 bridgehead atoms. The molecule has 5 aromatic rings. The van der Waals surface area contributed by atoms with Gasteiger partial charge >= 0.3 is 0 Å². The average molecular weight is 521 g/mol. The number of hydrogen-bond donors (Lipinski definition) is 2. The molecule has 0 spiro atoms. The van der Waals surface area contributed by atoms with Crippen LogP contribution >= 0.6 is 0 Å². The van der Waals surface area contributed by atoms with E-state index < -0.39 is 20.2 Å². The molecule has 5 rings (SSSR count). The van der Waals surface area contributed by atoms with Crippen LogP contribution in [-0.2, 0) is 20.2 Å². The first kappa shape index (κ1) is 24.0. The normalized spacial score (nSPS) is 12.3. The van der Waals surface area contributed by atoms with Crippen LogP contribution in [0.3, 0.4) is 0 Å².